The van der Waals surface area contributed by atoms with Crippen molar-refractivity contribution in [1.82, 2.24) is 0 Å². The van der Waals surface area contributed by atoms with Crippen LogP contribution in [0, 0.1) is 0 Å². The van der Waals surface area contributed by atoms with Crippen molar-refractivity contribution < 1.29 is 32.4 Å². The quantitative estimate of drug-likeness (QED) is 0.136. The smallest absolute Gasteiger partial charge is 0.306 e. The highest BCUT2D eigenvalue weighted by molar-refractivity contribution is 7.85. The number of hydrogen-bond acceptors (Lipinski definition) is 5. The van der Waals surface area contributed by atoms with E-state index in [1.54, 1.807) is 0 Å². The molecule has 0 bridgehead atoms. The zero-order valence-electron chi connectivity index (χ0n) is 16.8. The highest BCUT2D eigenvalue weighted by atomic mass is 32.2. The van der Waals surface area contributed by atoms with Crippen molar-refractivity contribution in [2.75, 3.05) is 5.75 Å². The van der Waals surface area contributed by atoms with E-state index in [1.807, 2.05) is 6.08 Å². The Morgan fingerprint density at radius 3 is 2.00 bits per heavy atom. The van der Waals surface area contributed by atoms with Gasteiger partial charge in [-0.05, 0) is 38.5 Å². The van der Waals surface area contributed by atoms with Gasteiger partial charge in [-0.15, -0.1) is 6.58 Å². The second-order valence-electron chi connectivity index (χ2n) is 7.16. The Labute approximate surface area is 169 Å². The maximum absolute atomic E-state index is 11.9. The van der Waals surface area contributed by atoms with E-state index in [0.717, 1.165) is 51.4 Å². The molecule has 0 saturated carbocycles. The van der Waals surface area contributed by atoms with Crippen LogP contribution in [0.4, 0.5) is 0 Å². The summed E-state index contributed by atoms with van der Waals surface area (Å²) in [5, 5.41) is 8.57. The summed E-state index contributed by atoms with van der Waals surface area (Å²) < 4.78 is 36.6. The minimum absolute atomic E-state index is 0.150. The first-order chi connectivity index (χ1) is 13.2. The van der Waals surface area contributed by atoms with Crippen LogP contribution in [0.25, 0.3) is 0 Å². The number of carbonyl (C=O) groups is 2. The summed E-state index contributed by atoms with van der Waals surface area (Å²) in [6.07, 6.45) is 11.4. The fraction of sp³-hybridized carbons (Fsp3) is 0.800. The van der Waals surface area contributed by atoms with Gasteiger partial charge in [0.15, 0.2) is 0 Å². The molecule has 0 aliphatic heterocycles. The summed E-state index contributed by atoms with van der Waals surface area (Å²) in [6, 6.07) is 0. The lowest BCUT2D eigenvalue weighted by molar-refractivity contribution is -0.148. The molecule has 2 N–H and O–H groups in total. The molecule has 0 aromatic heterocycles. The molecule has 7 nitrogen and oxygen atoms in total. The average molecular weight is 421 g/mol. The van der Waals surface area contributed by atoms with Crippen molar-refractivity contribution >= 4 is 22.1 Å². The molecule has 0 aliphatic carbocycles. The normalized spacial score (nSPS) is 12.5. The van der Waals surface area contributed by atoms with Gasteiger partial charge in [-0.25, -0.2) is 0 Å². The Bertz CT molecular complexity index is 543. The van der Waals surface area contributed by atoms with Crippen LogP contribution in [-0.4, -0.2) is 41.9 Å². The van der Waals surface area contributed by atoms with Gasteiger partial charge in [0.25, 0.3) is 10.1 Å². The molecule has 28 heavy (non-hydrogen) atoms. The third-order valence-corrected chi connectivity index (χ3v) is 5.19. The minimum Gasteiger partial charge on any atom is -0.481 e. The lowest BCUT2D eigenvalue weighted by Gasteiger charge is -2.16. The van der Waals surface area contributed by atoms with Gasteiger partial charge in [-0.1, -0.05) is 44.6 Å². The van der Waals surface area contributed by atoms with Gasteiger partial charge >= 0.3 is 11.9 Å². The SMILES string of the molecule is C=CCCCCCCCC(=O)OC(CCCCCCCC(=O)O)CS(=O)(=O)O. The van der Waals surface area contributed by atoms with Crippen molar-refractivity contribution in [3.8, 4) is 0 Å². The number of hydrogen-bond donors (Lipinski definition) is 2. The van der Waals surface area contributed by atoms with Crippen molar-refractivity contribution in [2.24, 2.45) is 0 Å². The number of carboxylic acid groups (broad SMARTS) is 1. The van der Waals surface area contributed by atoms with E-state index in [-0.39, 0.29) is 12.8 Å². The Kier molecular flexibility index (Phi) is 15.7. The summed E-state index contributed by atoms with van der Waals surface area (Å²) in [5.41, 5.74) is 0. The standard InChI is InChI=1S/C20H36O7S/c1-2-3-4-5-6-10-13-16-20(23)27-18(17-28(24,25)26)14-11-8-7-9-12-15-19(21)22/h2,18H,1,3-17H2,(H,21,22)(H,24,25,26). The van der Waals surface area contributed by atoms with Crippen LogP contribution in [0.15, 0.2) is 12.7 Å². The fourth-order valence-corrected chi connectivity index (χ4v) is 3.63. The molecule has 0 rings (SSSR count). The first-order valence-electron chi connectivity index (χ1n) is 10.2. The summed E-state index contributed by atoms with van der Waals surface area (Å²) in [4.78, 5) is 22.4. The fourth-order valence-electron chi connectivity index (χ4n) is 2.92. The molecule has 0 aromatic carbocycles. The Morgan fingerprint density at radius 2 is 1.43 bits per heavy atom. The third kappa shape index (κ3) is 19.4. The predicted octanol–water partition coefficient (Wildman–Crippen LogP) is 4.52. The number of allylic oxidation sites excluding steroid dienone is 1. The Balaban J connectivity index is 4.04. The summed E-state index contributed by atoms with van der Waals surface area (Å²) in [6.45, 7) is 3.67. The number of rotatable bonds is 19. The third-order valence-electron chi connectivity index (χ3n) is 4.40. The van der Waals surface area contributed by atoms with E-state index < -0.39 is 33.9 Å². The summed E-state index contributed by atoms with van der Waals surface area (Å²) >= 11 is 0. The number of carbonyl (C=O) groups excluding carboxylic acids is 1. The molecule has 164 valence electrons. The van der Waals surface area contributed by atoms with Crippen LogP contribution in [-0.2, 0) is 24.4 Å². The first kappa shape index (κ1) is 26.6. The molecule has 0 spiro atoms. The Morgan fingerprint density at radius 1 is 0.893 bits per heavy atom. The van der Waals surface area contributed by atoms with Crippen LogP contribution in [0.2, 0.25) is 0 Å². The number of unbranched alkanes of at least 4 members (excludes halogenated alkanes) is 9. The number of aliphatic carboxylic acids is 1. The Hall–Kier alpha value is -1.41. The van der Waals surface area contributed by atoms with Crippen LogP contribution >= 0.6 is 0 Å². The monoisotopic (exact) mass is 420 g/mol. The van der Waals surface area contributed by atoms with Gasteiger partial charge in [0, 0.05) is 12.8 Å². The van der Waals surface area contributed by atoms with E-state index >= 15 is 0 Å². The molecule has 0 fully saturated rings. The van der Waals surface area contributed by atoms with Crippen molar-refractivity contribution in [1.29, 1.82) is 0 Å². The molecular weight excluding hydrogens is 384 g/mol. The van der Waals surface area contributed by atoms with Gasteiger partial charge < -0.3 is 9.84 Å². The zero-order valence-corrected chi connectivity index (χ0v) is 17.6. The number of esters is 1. The molecule has 0 radical (unpaired) electrons. The maximum Gasteiger partial charge on any atom is 0.306 e. The predicted molar refractivity (Wildman–Crippen MR) is 109 cm³/mol. The van der Waals surface area contributed by atoms with Gasteiger partial charge in [0.05, 0.1) is 0 Å². The van der Waals surface area contributed by atoms with Crippen LogP contribution in [0.3, 0.4) is 0 Å². The van der Waals surface area contributed by atoms with E-state index in [1.165, 1.54) is 0 Å². The topological polar surface area (TPSA) is 118 Å². The summed E-state index contributed by atoms with van der Waals surface area (Å²) in [5.74, 6) is -1.82. The molecule has 1 atom stereocenters. The largest absolute Gasteiger partial charge is 0.481 e. The van der Waals surface area contributed by atoms with Crippen molar-refractivity contribution in [2.45, 2.75) is 96.0 Å². The highest BCUT2D eigenvalue weighted by Gasteiger charge is 2.20. The van der Waals surface area contributed by atoms with Gasteiger partial charge in [-0.3, -0.25) is 14.1 Å². The van der Waals surface area contributed by atoms with Crippen LogP contribution in [0.5, 0.6) is 0 Å². The number of carboxylic acids is 1. The van der Waals surface area contributed by atoms with E-state index in [4.69, 9.17) is 14.4 Å². The van der Waals surface area contributed by atoms with E-state index in [2.05, 4.69) is 6.58 Å². The van der Waals surface area contributed by atoms with Gasteiger partial charge in [0.2, 0.25) is 0 Å². The molecule has 0 amide bonds. The van der Waals surface area contributed by atoms with Crippen LogP contribution in [0.1, 0.15) is 89.9 Å². The first-order valence-corrected chi connectivity index (χ1v) is 11.8. The van der Waals surface area contributed by atoms with E-state index in [0.29, 0.717) is 25.7 Å². The lowest BCUT2D eigenvalue weighted by atomic mass is 10.1. The second-order valence-corrected chi connectivity index (χ2v) is 8.65. The maximum atomic E-state index is 11.9. The molecule has 0 aromatic rings. The molecule has 8 heteroatoms. The van der Waals surface area contributed by atoms with Gasteiger partial charge in [0.1, 0.15) is 11.9 Å². The summed E-state index contributed by atoms with van der Waals surface area (Å²) in [7, 11) is -4.22. The average Bonchev–Trinajstić information content (AvgIpc) is 2.58. The minimum atomic E-state index is -4.22. The van der Waals surface area contributed by atoms with Crippen LogP contribution < -0.4 is 0 Å². The molecular formula is C20H36O7S. The molecule has 0 saturated heterocycles. The zero-order chi connectivity index (χ0) is 21.3. The molecule has 1 unspecified atom stereocenters. The van der Waals surface area contributed by atoms with Gasteiger partial charge in [-0.2, -0.15) is 8.42 Å². The molecule has 0 heterocycles. The highest BCUT2D eigenvalue weighted by Crippen LogP contribution is 2.14. The number of ether oxygens (including phenoxy) is 1. The van der Waals surface area contributed by atoms with E-state index in [9.17, 15) is 18.0 Å². The van der Waals surface area contributed by atoms with Crippen molar-refractivity contribution in [3.63, 3.8) is 0 Å². The van der Waals surface area contributed by atoms with Crippen molar-refractivity contribution in [3.05, 3.63) is 12.7 Å². The lowest BCUT2D eigenvalue weighted by Crippen LogP contribution is -2.26. The second kappa shape index (κ2) is 16.5. The molecule has 0 aliphatic rings.